The summed E-state index contributed by atoms with van der Waals surface area (Å²) >= 11 is 0. The van der Waals surface area contributed by atoms with Crippen LogP contribution in [-0.2, 0) is 4.79 Å². The third-order valence-electron chi connectivity index (χ3n) is 7.26. The van der Waals surface area contributed by atoms with E-state index in [1.54, 1.807) is 29.6 Å². The second kappa shape index (κ2) is 11.9. The lowest BCUT2D eigenvalue weighted by molar-refractivity contribution is -0.131. The van der Waals surface area contributed by atoms with Crippen molar-refractivity contribution in [2.45, 2.75) is 32.6 Å². The van der Waals surface area contributed by atoms with Gasteiger partial charge in [0.25, 0.3) is 11.8 Å². The number of nitrogens with zero attached hydrogens (tertiary/aromatic N) is 4. The minimum absolute atomic E-state index is 0.0478. The van der Waals surface area contributed by atoms with Crippen LogP contribution in [0.4, 0.5) is 5.69 Å². The van der Waals surface area contributed by atoms with E-state index in [0.29, 0.717) is 42.7 Å². The van der Waals surface area contributed by atoms with Crippen molar-refractivity contribution in [3.05, 3.63) is 107 Å². The van der Waals surface area contributed by atoms with Gasteiger partial charge in [-0.1, -0.05) is 18.2 Å². The van der Waals surface area contributed by atoms with Gasteiger partial charge in [-0.25, -0.2) is 4.98 Å². The average molecular weight is 537 g/mol. The molecule has 2 aromatic heterocycles. The van der Waals surface area contributed by atoms with Crippen molar-refractivity contribution in [1.29, 1.82) is 0 Å². The monoisotopic (exact) mass is 536 g/mol. The summed E-state index contributed by atoms with van der Waals surface area (Å²) < 4.78 is 1.89. The van der Waals surface area contributed by atoms with Gasteiger partial charge in [-0.05, 0) is 74.7 Å². The molecule has 1 fully saturated rings. The number of hydrogen-bond donors (Lipinski definition) is 2. The van der Waals surface area contributed by atoms with Gasteiger partial charge >= 0.3 is 0 Å². The molecule has 0 unspecified atom stereocenters. The molecule has 3 heterocycles. The second-order valence-corrected chi connectivity index (χ2v) is 10.0. The smallest absolute Gasteiger partial charge is 0.257 e. The van der Waals surface area contributed by atoms with Crippen LogP contribution in [0, 0.1) is 13.8 Å². The van der Waals surface area contributed by atoms with Gasteiger partial charge in [-0.15, -0.1) is 0 Å². The molecule has 2 aromatic carbocycles. The van der Waals surface area contributed by atoms with Crippen LogP contribution in [0.15, 0.2) is 79.4 Å². The topological polar surface area (TPSA) is 109 Å². The lowest BCUT2D eigenvalue weighted by Gasteiger charge is -2.32. The second-order valence-electron chi connectivity index (χ2n) is 10.0. The molecule has 9 nitrogen and oxygen atoms in total. The summed E-state index contributed by atoms with van der Waals surface area (Å²) in [4.78, 5) is 49.2. The third-order valence-corrected chi connectivity index (χ3v) is 7.26. The molecule has 5 rings (SSSR count). The predicted octanol–water partition coefficient (Wildman–Crippen LogP) is 4.27. The molecule has 0 atom stereocenters. The van der Waals surface area contributed by atoms with E-state index in [2.05, 4.69) is 15.6 Å². The minimum atomic E-state index is -0.252. The number of carbonyl (C=O) groups excluding carboxylic acids is 3. The number of nitrogens with one attached hydrogen (secondary N) is 2. The van der Waals surface area contributed by atoms with Crippen molar-refractivity contribution in [2.75, 3.05) is 25.0 Å². The number of piperidine rings is 1. The van der Waals surface area contributed by atoms with Crippen LogP contribution in [0.25, 0.3) is 5.69 Å². The maximum atomic E-state index is 13.3. The summed E-state index contributed by atoms with van der Waals surface area (Å²) in [5.74, 6) is -0.530. The number of aryl methyl sites for hydroxylation is 2. The molecule has 0 aliphatic carbocycles. The molecule has 1 aliphatic heterocycles. The quantitative estimate of drug-likeness (QED) is 0.367. The number of carbonyl (C=O) groups is 3. The molecule has 0 spiro atoms. The largest absolute Gasteiger partial charge is 0.343 e. The van der Waals surface area contributed by atoms with Gasteiger partial charge in [0.05, 0.1) is 24.1 Å². The van der Waals surface area contributed by atoms with Gasteiger partial charge in [-0.3, -0.25) is 19.4 Å². The van der Waals surface area contributed by atoms with E-state index in [0.717, 1.165) is 22.6 Å². The number of benzene rings is 2. The van der Waals surface area contributed by atoms with Gasteiger partial charge in [0, 0.05) is 54.0 Å². The zero-order valence-electron chi connectivity index (χ0n) is 22.6. The van der Waals surface area contributed by atoms with E-state index >= 15 is 0 Å². The Kier molecular flexibility index (Phi) is 8.00. The molecule has 40 heavy (non-hydrogen) atoms. The molecule has 0 bridgehead atoms. The summed E-state index contributed by atoms with van der Waals surface area (Å²) in [6, 6.07) is 18.5. The number of imidazole rings is 1. The van der Waals surface area contributed by atoms with Crippen LogP contribution < -0.4 is 10.6 Å². The molecule has 4 aromatic rings. The highest BCUT2D eigenvalue weighted by molar-refractivity contribution is 6.05. The zero-order valence-corrected chi connectivity index (χ0v) is 22.6. The van der Waals surface area contributed by atoms with Crippen molar-refractivity contribution >= 4 is 23.4 Å². The fourth-order valence-corrected chi connectivity index (χ4v) is 5.00. The van der Waals surface area contributed by atoms with Crippen LogP contribution >= 0.6 is 0 Å². The molecular formula is C31H32N6O3. The minimum Gasteiger partial charge on any atom is -0.343 e. The van der Waals surface area contributed by atoms with Crippen LogP contribution in [0.5, 0.6) is 0 Å². The number of rotatable bonds is 7. The normalized spacial score (nSPS) is 13.6. The van der Waals surface area contributed by atoms with E-state index in [-0.39, 0.29) is 30.2 Å². The van der Waals surface area contributed by atoms with E-state index in [4.69, 9.17) is 4.98 Å². The first-order valence-corrected chi connectivity index (χ1v) is 13.4. The molecule has 1 saturated heterocycles. The molecule has 0 saturated carbocycles. The lowest BCUT2D eigenvalue weighted by atomic mass is 9.89. The molecule has 9 heteroatoms. The van der Waals surface area contributed by atoms with E-state index < -0.39 is 0 Å². The lowest BCUT2D eigenvalue weighted by Crippen LogP contribution is -2.44. The standard InChI is InChI=1S/C31H32N6O3/c1-21-5-3-4-6-26(21)30(39)33-19-28(38)36-16-13-23(14-17-36)29-27(12-7-22(2)34-29)31(40)35-24-8-10-25(11-9-24)37-18-15-32-20-37/h3-12,15,18,20,23H,13-14,16-17,19H2,1-2H3,(H,33,39)(H,35,40). The highest BCUT2D eigenvalue weighted by Crippen LogP contribution is 2.30. The fraction of sp³-hybridized carbons (Fsp3) is 0.258. The van der Waals surface area contributed by atoms with Crippen LogP contribution in [0.1, 0.15) is 56.4 Å². The Morgan fingerprint density at radius 3 is 2.35 bits per heavy atom. The van der Waals surface area contributed by atoms with Crippen molar-refractivity contribution in [2.24, 2.45) is 0 Å². The first-order chi connectivity index (χ1) is 19.4. The first kappa shape index (κ1) is 26.8. The van der Waals surface area contributed by atoms with Crippen molar-refractivity contribution in [3.8, 4) is 5.69 Å². The predicted molar refractivity (Wildman–Crippen MR) is 153 cm³/mol. The molecule has 1 aliphatic rings. The summed E-state index contributed by atoms with van der Waals surface area (Å²) in [6.45, 7) is 4.81. The highest BCUT2D eigenvalue weighted by Gasteiger charge is 2.28. The first-order valence-electron chi connectivity index (χ1n) is 13.4. The van der Waals surface area contributed by atoms with Crippen molar-refractivity contribution < 1.29 is 14.4 Å². The SMILES string of the molecule is Cc1ccc(C(=O)Nc2ccc(-n3ccnc3)cc2)c(C2CCN(C(=O)CNC(=O)c3ccccc3C)CC2)n1. The van der Waals surface area contributed by atoms with Gasteiger partial charge < -0.3 is 20.1 Å². The van der Waals surface area contributed by atoms with E-state index in [1.165, 1.54) is 0 Å². The van der Waals surface area contributed by atoms with Gasteiger partial charge in [0.1, 0.15) is 0 Å². The molecule has 2 N–H and O–H groups in total. The Balaban J connectivity index is 1.19. The van der Waals surface area contributed by atoms with Gasteiger partial charge in [0.2, 0.25) is 5.91 Å². The molecule has 204 valence electrons. The number of aromatic nitrogens is 3. The Bertz CT molecular complexity index is 1510. The highest BCUT2D eigenvalue weighted by atomic mass is 16.2. The zero-order chi connectivity index (χ0) is 28.1. The number of amides is 3. The fourth-order valence-electron chi connectivity index (χ4n) is 5.00. The number of hydrogen-bond acceptors (Lipinski definition) is 5. The van der Waals surface area contributed by atoms with Crippen molar-refractivity contribution in [3.63, 3.8) is 0 Å². The number of likely N-dealkylation sites (tertiary alicyclic amines) is 1. The number of pyridine rings is 1. The summed E-state index contributed by atoms with van der Waals surface area (Å²) in [5.41, 5.74) is 5.21. The van der Waals surface area contributed by atoms with E-state index in [1.807, 2.05) is 73.1 Å². The molecular weight excluding hydrogens is 504 g/mol. The average Bonchev–Trinajstić information content (AvgIpc) is 3.51. The van der Waals surface area contributed by atoms with Gasteiger partial charge in [0.15, 0.2) is 0 Å². The number of anilines is 1. The summed E-state index contributed by atoms with van der Waals surface area (Å²) in [7, 11) is 0. The summed E-state index contributed by atoms with van der Waals surface area (Å²) in [5, 5.41) is 5.74. The Labute approximate surface area is 233 Å². The Morgan fingerprint density at radius 1 is 0.900 bits per heavy atom. The maximum Gasteiger partial charge on any atom is 0.257 e. The van der Waals surface area contributed by atoms with Crippen molar-refractivity contribution in [1.82, 2.24) is 24.8 Å². The van der Waals surface area contributed by atoms with Crippen LogP contribution in [0.3, 0.4) is 0 Å². The van der Waals surface area contributed by atoms with Crippen LogP contribution in [-0.4, -0.2) is 56.8 Å². The Hall–Kier alpha value is -4.79. The maximum absolute atomic E-state index is 13.3. The van der Waals surface area contributed by atoms with E-state index in [9.17, 15) is 14.4 Å². The Morgan fingerprint density at radius 2 is 1.65 bits per heavy atom. The van der Waals surface area contributed by atoms with Crippen LogP contribution in [0.2, 0.25) is 0 Å². The molecule has 0 radical (unpaired) electrons. The summed E-state index contributed by atoms with van der Waals surface area (Å²) in [6.07, 6.45) is 6.67. The van der Waals surface area contributed by atoms with Gasteiger partial charge in [-0.2, -0.15) is 0 Å². The third kappa shape index (κ3) is 6.09. The molecule has 3 amide bonds.